The summed E-state index contributed by atoms with van der Waals surface area (Å²) in [4.78, 5) is 38.1. The molecule has 0 N–H and O–H groups in total. The van der Waals surface area contributed by atoms with Gasteiger partial charge < -0.3 is 14.2 Å². The SMILES string of the molecule is CCCCC/C=C/C/C=C/C/C=C/C/C=C/CCCC(=O)O[C@H](COC(=O)CCCCCCCCCCCCCCCC)COC(=O)CCCCCCCCCCCCCCCCCCCC. The van der Waals surface area contributed by atoms with Crippen LogP contribution in [0.3, 0.4) is 0 Å². The highest BCUT2D eigenvalue weighted by Crippen LogP contribution is 2.17. The molecule has 0 aromatic heterocycles. The predicted octanol–water partition coefficient (Wildman–Crippen LogP) is 19.4. The first-order valence-electron chi connectivity index (χ1n) is 29.1. The summed E-state index contributed by atoms with van der Waals surface area (Å²) in [7, 11) is 0. The van der Waals surface area contributed by atoms with Gasteiger partial charge in [0.1, 0.15) is 13.2 Å². The van der Waals surface area contributed by atoms with E-state index in [1.165, 1.54) is 193 Å². The van der Waals surface area contributed by atoms with E-state index in [1.54, 1.807) is 0 Å². The minimum atomic E-state index is -0.798. The fourth-order valence-corrected chi connectivity index (χ4v) is 8.44. The average molecular weight is 940 g/mol. The quantitative estimate of drug-likeness (QED) is 0.0262. The molecule has 0 saturated heterocycles. The summed E-state index contributed by atoms with van der Waals surface area (Å²) >= 11 is 0. The molecule has 390 valence electrons. The standard InChI is InChI=1S/C61H110O6/c1-4-7-10-13-16-19-22-25-28-30-32-33-36-39-42-45-48-51-54-60(63)66-57-58(56-65-59(62)53-50-47-44-41-38-35-27-24-21-18-15-12-9-6-3)67-61(64)55-52-49-46-43-40-37-34-31-29-26-23-20-17-14-11-8-5-2/h17,20,26,29,34,37,43,46,58H,4-16,18-19,21-25,27-28,30-33,35-36,38-42,44-45,47-57H2,1-3H3/b20-17+,29-26+,37-34+,46-43+/t58-/m1/s1. The molecule has 0 aliphatic heterocycles. The van der Waals surface area contributed by atoms with Crippen molar-refractivity contribution in [2.75, 3.05) is 13.2 Å². The van der Waals surface area contributed by atoms with E-state index in [0.29, 0.717) is 19.3 Å². The maximum Gasteiger partial charge on any atom is 0.306 e. The zero-order chi connectivity index (χ0) is 48.6. The Morgan fingerprint density at radius 3 is 0.881 bits per heavy atom. The Hall–Kier alpha value is -2.63. The summed E-state index contributed by atoms with van der Waals surface area (Å²) in [6, 6.07) is 0. The van der Waals surface area contributed by atoms with Crippen molar-refractivity contribution in [2.24, 2.45) is 0 Å². The zero-order valence-electron chi connectivity index (χ0n) is 44.7. The van der Waals surface area contributed by atoms with E-state index in [-0.39, 0.29) is 37.5 Å². The van der Waals surface area contributed by atoms with Gasteiger partial charge in [0, 0.05) is 19.3 Å². The molecule has 0 heterocycles. The van der Waals surface area contributed by atoms with Crippen LogP contribution in [0.25, 0.3) is 0 Å². The zero-order valence-corrected chi connectivity index (χ0v) is 44.7. The summed E-state index contributed by atoms with van der Waals surface area (Å²) in [6.45, 7) is 6.61. The number of carbonyl (C=O) groups excluding carboxylic acids is 3. The Labute approximate surface area is 416 Å². The summed E-state index contributed by atoms with van der Waals surface area (Å²) in [5.74, 6) is -0.930. The molecule has 0 unspecified atom stereocenters. The van der Waals surface area contributed by atoms with Gasteiger partial charge in [0.2, 0.25) is 0 Å². The Balaban J connectivity index is 4.41. The van der Waals surface area contributed by atoms with Crippen molar-refractivity contribution in [2.45, 2.75) is 309 Å². The van der Waals surface area contributed by atoms with Crippen LogP contribution in [-0.4, -0.2) is 37.2 Å². The van der Waals surface area contributed by atoms with Gasteiger partial charge >= 0.3 is 17.9 Å². The Morgan fingerprint density at radius 1 is 0.299 bits per heavy atom. The largest absolute Gasteiger partial charge is 0.462 e. The molecule has 0 aromatic carbocycles. The summed E-state index contributed by atoms with van der Waals surface area (Å²) in [6.07, 6.45) is 68.2. The third-order valence-corrected chi connectivity index (χ3v) is 12.8. The molecule has 0 bridgehead atoms. The molecular formula is C61H110O6. The third-order valence-electron chi connectivity index (χ3n) is 12.8. The van der Waals surface area contributed by atoms with Gasteiger partial charge in [0.15, 0.2) is 6.10 Å². The number of hydrogen-bond acceptors (Lipinski definition) is 6. The molecule has 0 amide bonds. The molecule has 0 fully saturated rings. The summed E-state index contributed by atoms with van der Waals surface area (Å²) < 4.78 is 16.8. The molecular weight excluding hydrogens is 829 g/mol. The van der Waals surface area contributed by atoms with Gasteiger partial charge in [-0.2, -0.15) is 0 Å². The Kier molecular flexibility index (Phi) is 53.8. The molecule has 0 radical (unpaired) electrons. The highest BCUT2D eigenvalue weighted by Gasteiger charge is 2.19. The van der Waals surface area contributed by atoms with Crippen molar-refractivity contribution < 1.29 is 28.6 Å². The second-order valence-electron chi connectivity index (χ2n) is 19.6. The number of ether oxygens (including phenoxy) is 3. The molecule has 0 aliphatic rings. The van der Waals surface area contributed by atoms with Crippen LogP contribution in [0.2, 0.25) is 0 Å². The van der Waals surface area contributed by atoms with Gasteiger partial charge in [-0.3, -0.25) is 14.4 Å². The number of carbonyl (C=O) groups is 3. The molecule has 6 heteroatoms. The molecule has 0 rings (SSSR count). The first-order chi connectivity index (χ1) is 33.0. The van der Waals surface area contributed by atoms with Crippen molar-refractivity contribution in [3.8, 4) is 0 Å². The molecule has 0 aliphatic carbocycles. The average Bonchev–Trinajstić information content (AvgIpc) is 3.33. The van der Waals surface area contributed by atoms with Crippen LogP contribution >= 0.6 is 0 Å². The second kappa shape index (κ2) is 56.0. The molecule has 1 atom stereocenters. The molecule has 0 saturated carbocycles. The molecule has 67 heavy (non-hydrogen) atoms. The van der Waals surface area contributed by atoms with Crippen molar-refractivity contribution in [3.63, 3.8) is 0 Å². The lowest BCUT2D eigenvalue weighted by Gasteiger charge is -2.18. The first-order valence-corrected chi connectivity index (χ1v) is 29.1. The van der Waals surface area contributed by atoms with E-state index < -0.39 is 6.10 Å². The van der Waals surface area contributed by atoms with Gasteiger partial charge in [-0.15, -0.1) is 0 Å². The Bertz CT molecular complexity index is 1170. The van der Waals surface area contributed by atoms with E-state index in [4.69, 9.17) is 14.2 Å². The van der Waals surface area contributed by atoms with Crippen LogP contribution in [0.1, 0.15) is 303 Å². The summed E-state index contributed by atoms with van der Waals surface area (Å²) in [5, 5.41) is 0. The van der Waals surface area contributed by atoms with Crippen molar-refractivity contribution in [1.82, 2.24) is 0 Å². The number of hydrogen-bond donors (Lipinski definition) is 0. The molecule has 0 aromatic rings. The fourth-order valence-electron chi connectivity index (χ4n) is 8.44. The van der Waals surface area contributed by atoms with E-state index >= 15 is 0 Å². The number of rotatable bonds is 53. The van der Waals surface area contributed by atoms with Gasteiger partial charge in [-0.05, 0) is 57.8 Å². The van der Waals surface area contributed by atoms with Crippen molar-refractivity contribution >= 4 is 17.9 Å². The normalized spacial score (nSPS) is 12.3. The van der Waals surface area contributed by atoms with Crippen LogP contribution in [0.15, 0.2) is 48.6 Å². The third kappa shape index (κ3) is 54.2. The van der Waals surface area contributed by atoms with Crippen LogP contribution in [0, 0.1) is 0 Å². The lowest BCUT2D eigenvalue weighted by molar-refractivity contribution is -0.167. The highest BCUT2D eigenvalue weighted by molar-refractivity contribution is 5.71. The van der Waals surface area contributed by atoms with Crippen LogP contribution in [-0.2, 0) is 28.6 Å². The number of allylic oxidation sites excluding steroid dienone is 8. The predicted molar refractivity (Wildman–Crippen MR) is 289 cm³/mol. The number of esters is 3. The second-order valence-corrected chi connectivity index (χ2v) is 19.6. The lowest BCUT2D eigenvalue weighted by atomic mass is 10.0. The van der Waals surface area contributed by atoms with E-state index in [9.17, 15) is 14.4 Å². The van der Waals surface area contributed by atoms with Crippen molar-refractivity contribution in [1.29, 1.82) is 0 Å². The maximum atomic E-state index is 12.8. The fraction of sp³-hybridized carbons (Fsp3) is 0.820. The highest BCUT2D eigenvalue weighted by atomic mass is 16.6. The molecule has 0 spiro atoms. The van der Waals surface area contributed by atoms with Gasteiger partial charge in [-0.1, -0.05) is 275 Å². The minimum Gasteiger partial charge on any atom is -0.462 e. The smallest absolute Gasteiger partial charge is 0.306 e. The minimum absolute atomic E-state index is 0.0903. The van der Waals surface area contributed by atoms with E-state index in [1.807, 2.05) is 0 Å². The van der Waals surface area contributed by atoms with Crippen LogP contribution in [0.4, 0.5) is 0 Å². The van der Waals surface area contributed by atoms with E-state index in [0.717, 1.165) is 64.2 Å². The first kappa shape index (κ1) is 64.4. The van der Waals surface area contributed by atoms with Crippen LogP contribution in [0.5, 0.6) is 0 Å². The van der Waals surface area contributed by atoms with Crippen molar-refractivity contribution in [3.05, 3.63) is 48.6 Å². The van der Waals surface area contributed by atoms with Gasteiger partial charge in [0.05, 0.1) is 0 Å². The van der Waals surface area contributed by atoms with Gasteiger partial charge in [-0.25, -0.2) is 0 Å². The maximum absolute atomic E-state index is 12.8. The molecule has 6 nitrogen and oxygen atoms in total. The summed E-state index contributed by atoms with van der Waals surface area (Å²) in [5.41, 5.74) is 0. The topological polar surface area (TPSA) is 78.9 Å². The van der Waals surface area contributed by atoms with E-state index in [2.05, 4.69) is 69.4 Å². The van der Waals surface area contributed by atoms with Crippen LogP contribution < -0.4 is 0 Å². The lowest BCUT2D eigenvalue weighted by Crippen LogP contribution is -2.30. The van der Waals surface area contributed by atoms with Gasteiger partial charge in [0.25, 0.3) is 0 Å². The monoisotopic (exact) mass is 939 g/mol. The number of unbranched alkanes of at least 4 members (excludes halogenated alkanes) is 34. The Morgan fingerprint density at radius 2 is 0.552 bits per heavy atom.